The maximum absolute atomic E-state index is 13.5. The highest BCUT2D eigenvalue weighted by molar-refractivity contribution is 7.17. The molecule has 0 aliphatic carbocycles. The Labute approximate surface area is 170 Å². The van der Waals surface area contributed by atoms with E-state index in [-0.39, 0.29) is 12.2 Å². The summed E-state index contributed by atoms with van der Waals surface area (Å²) in [5.74, 6) is 0.612. The molecule has 0 amide bonds. The molecular formula is C22H18N4O2S. The van der Waals surface area contributed by atoms with E-state index in [4.69, 9.17) is 10.1 Å². The highest BCUT2D eigenvalue weighted by atomic mass is 32.1. The van der Waals surface area contributed by atoms with Gasteiger partial charge in [-0.1, -0.05) is 54.6 Å². The van der Waals surface area contributed by atoms with Crippen molar-refractivity contribution in [3.05, 3.63) is 70.3 Å². The van der Waals surface area contributed by atoms with Crippen LogP contribution < -0.4 is 10.9 Å². The van der Waals surface area contributed by atoms with Crippen LogP contribution in [0.1, 0.15) is 6.42 Å². The van der Waals surface area contributed by atoms with Crippen LogP contribution in [0.15, 0.2) is 64.8 Å². The van der Waals surface area contributed by atoms with Gasteiger partial charge in [-0.05, 0) is 12.0 Å². The molecular weight excluding hydrogens is 384 g/mol. The zero-order valence-corrected chi connectivity index (χ0v) is 16.3. The lowest BCUT2D eigenvalue weighted by Gasteiger charge is -2.11. The molecule has 0 bridgehead atoms. The first-order valence-corrected chi connectivity index (χ1v) is 10.3. The van der Waals surface area contributed by atoms with Gasteiger partial charge in [0.1, 0.15) is 4.83 Å². The Kier molecular flexibility index (Phi) is 4.46. The third kappa shape index (κ3) is 2.95. The van der Waals surface area contributed by atoms with E-state index in [1.165, 1.54) is 15.9 Å². The predicted octanol–water partition coefficient (Wildman–Crippen LogP) is 3.92. The molecule has 3 aromatic heterocycles. The van der Waals surface area contributed by atoms with E-state index < -0.39 is 0 Å². The molecule has 0 saturated heterocycles. The summed E-state index contributed by atoms with van der Waals surface area (Å²) in [6.07, 6.45) is 0.600. The summed E-state index contributed by atoms with van der Waals surface area (Å²) in [5.41, 5.74) is 2.23. The maximum atomic E-state index is 13.5. The summed E-state index contributed by atoms with van der Waals surface area (Å²) in [6, 6.07) is 17.6. The van der Waals surface area contributed by atoms with Crippen molar-refractivity contribution in [2.75, 3.05) is 18.5 Å². The van der Waals surface area contributed by atoms with Crippen molar-refractivity contribution >= 4 is 43.8 Å². The number of nitrogens with one attached hydrogen (secondary N) is 1. The van der Waals surface area contributed by atoms with E-state index >= 15 is 0 Å². The van der Waals surface area contributed by atoms with E-state index in [9.17, 15) is 4.79 Å². The number of thiophene rings is 1. The molecule has 0 fully saturated rings. The number of aliphatic hydroxyl groups is 1. The minimum absolute atomic E-state index is 0.0932. The van der Waals surface area contributed by atoms with E-state index in [1.807, 2.05) is 60.0 Å². The summed E-state index contributed by atoms with van der Waals surface area (Å²) in [5, 5.41) is 21.2. The van der Waals surface area contributed by atoms with Crippen molar-refractivity contribution in [1.82, 2.24) is 14.6 Å². The second-order valence-corrected chi connectivity index (χ2v) is 7.60. The third-order valence-electron chi connectivity index (χ3n) is 4.92. The van der Waals surface area contributed by atoms with Crippen LogP contribution in [0.3, 0.4) is 0 Å². The van der Waals surface area contributed by atoms with Crippen LogP contribution in [-0.2, 0) is 0 Å². The van der Waals surface area contributed by atoms with Gasteiger partial charge < -0.3 is 10.4 Å². The molecule has 144 valence electrons. The van der Waals surface area contributed by atoms with Gasteiger partial charge in [0, 0.05) is 34.9 Å². The van der Waals surface area contributed by atoms with Gasteiger partial charge in [-0.15, -0.1) is 16.4 Å². The fourth-order valence-electron chi connectivity index (χ4n) is 3.53. The fourth-order valence-corrected chi connectivity index (χ4v) is 4.47. The van der Waals surface area contributed by atoms with Crippen LogP contribution >= 0.6 is 11.3 Å². The smallest absolute Gasteiger partial charge is 0.283 e. The van der Waals surface area contributed by atoms with Crippen LogP contribution in [0.25, 0.3) is 37.8 Å². The Bertz CT molecular complexity index is 1390. The quantitative estimate of drug-likeness (QED) is 0.344. The molecule has 5 rings (SSSR count). The molecule has 3 heterocycles. The van der Waals surface area contributed by atoms with Crippen molar-refractivity contribution in [2.24, 2.45) is 0 Å². The SMILES string of the molecule is O=c1c2c(-c3ccccc3)csc2nc2c3ccccc3c(NCCCO)nn12. The van der Waals surface area contributed by atoms with Gasteiger partial charge in [-0.25, -0.2) is 4.98 Å². The molecule has 0 unspecified atom stereocenters. The van der Waals surface area contributed by atoms with Gasteiger partial charge in [0.15, 0.2) is 11.5 Å². The van der Waals surface area contributed by atoms with Crippen LogP contribution in [0.2, 0.25) is 0 Å². The molecule has 5 aromatic rings. The first-order chi connectivity index (χ1) is 14.3. The van der Waals surface area contributed by atoms with Crippen LogP contribution in [0.4, 0.5) is 5.82 Å². The number of anilines is 1. The van der Waals surface area contributed by atoms with Gasteiger partial charge in [0.2, 0.25) is 0 Å². The number of hydrogen-bond donors (Lipinski definition) is 2. The molecule has 0 aliphatic rings. The lowest BCUT2D eigenvalue weighted by atomic mass is 10.1. The lowest BCUT2D eigenvalue weighted by Crippen LogP contribution is -2.20. The number of hydrogen-bond acceptors (Lipinski definition) is 6. The molecule has 7 heteroatoms. The molecule has 0 atom stereocenters. The summed E-state index contributed by atoms with van der Waals surface area (Å²) < 4.78 is 1.39. The topological polar surface area (TPSA) is 79.5 Å². The van der Waals surface area contributed by atoms with Gasteiger partial charge >= 0.3 is 0 Å². The zero-order valence-electron chi connectivity index (χ0n) is 15.5. The molecule has 2 N–H and O–H groups in total. The summed E-state index contributed by atoms with van der Waals surface area (Å²) in [4.78, 5) is 19.0. The molecule has 0 spiro atoms. The second-order valence-electron chi connectivity index (χ2n) is 6.75. The van der Waals surface area contributed by atoms with Crippen molar-refractivity contribution in [3.63, 3.8) is 0 Å². The third-order valence-corrected chi connectivity index (χ3v) is 5.79. The Balaban J connectivity index is 1.82. The second kappa shape index (κ2) is 7.27. The fraction of sp³-hybridized carbons (Fsp3) is 0.136. The van der Waals surface area contributed by atoms with Crippen molar-refractivity contribution in [3.8, 4) is 11.1 Å². The Morgan fingerprint density at radius 2 is 1.79 bits per heavy atom. The Morgan fingerprint density at radius 3 is 2.59 bits per heavy atom. The highest BCUT2D eigenvalue weighted by Crippen LogP contribution is 2.32. The van der Waals surface area contributed by atoms with E-state index in [1.54, 1.807) is 0 Å². The van der Waals surface area contributed by atoms with Crippen molar-refractivity contribution in [2.45, 2.75) is 6.42 Å². The van der Waals surface area contributed by atoms with Gasteiger partial charge in [-0.2, -0.15) is 4.52 Å². The van der Waals surface area contributed by atoms with E-state index in [0.29, 0.717) is 34.6 Å². The first-order valence-electron chi connectivity index (χ1n) is 9.41. The van der Waals surface area contributed by atoms with Gasteiger partial charge in [0.25, 0.3) is 5.56 Å². The molecule has 0 radical (unpaired) electrons. The predicted molar refractivity (Wildman–Crippen MR) is 118 cm³/mol. The number of fused-ring (bicyclic) bond motifs is 4. The standard InChI is InChI=1S/C22H18N4O2S/c27-12-6-11-23-19-15-9-4-5-10-16(15)20-24-21-18(22(28)26(20)25-19)17(13-29-21)14-7-2-1-3-8-14/h1-5,7-10,13,27H,6,11-12H2,(H,23,25). The number of benzene rings is 2. The number of aromatic nitrogens is 3. The highest BCUT2D eigenvalue weighted by Gasteiger charge is 2.17. The average Bonchev–Trinajstić information content (AvgIpc) is 3.20. The van der Waals surface area contributed by atoms with Crippen LogP contribution in [0, 0.1) is 0 Å². The first kappa shape index (κ1) is 17.8. The largest absolute Gasteiger partial charge is 0.396 e. The maximum Gasteiger partial charge on any atom is 0.283 e. The van der Waals surface area contributed by atoms with Crippen molar-refractivity contribution < 1.29 is 5.11 Å². The van der Waals surface area contributed by atoms with E-state index in [2.05, 4.69) is 10.4 Å². The van der Waals surface area contributed by atoms with Gasteiger partial charge in [0.05, 0.1) is 5.39 Å². The van der Waals surface area contributed by atoms with Gasteiger partial charge in [-0.3, -0.25) is 4.79 Å². The molecule has 29 heavy (non-hydrogen) atoms. The van der Waals surface area contributed by atoms with Crippen LogP contribution in [0.5, 0.6) is 0 Å². The molecule has 6 nitrogen and oxygen atoms in total. The molecule has 0 aliphatic heterocycles. The van der Waals surface area contributed by atoms with Crippen LogP contribution in [-0.4, -0.2) is 32.9 Å². The normalized spacial score (nSPS) is 11.5. The monoisotopic (exact) mass is 402 g/mol. The summed E-state index contributed by atoms with van der Waals surface area (Å²) >= 11 is 1.47. The number of aliphatic hydroxyl groups excluding tert-OH is 1. The zero-order chi connectivity index (χ0) is 19.8. The summed E-state index contributed by atoms with van der Waals surface area (Å²) in [6.45, 7) is 0.660. The summed E-state index contributed by atoms with van der Waals surface area (Å²) in [7, 11) is 0. The lowest BCUT2D eigenvalue weighted by molar-refractivity contribution is 0.292. The average molecular weight is 402 g/mol. The minimum Gasteiger partial charge on any atom is -0.396 e. The molecule has 2 aromatic carbocycles. The minimum atomic E-state index is -0.180. The number of nitrogens with zero attached hydrogens (tertiary/aromatic N) is 3. The van der Waals surface area contributed by atoms with Crippen molar-refractivity contribution in [1.29, 1.82) is 0 Å². The Morgan fingerprint density at radius 1 is 1.03 bits per heavy atom. The number of rotatable bonds is 5. The Hall–Kier alpha value is -3.29. The van der Waals surface area contributed by atoms with E-state index in [0.717, 1.165) is 21.9 Å². The molecule has 0 saturated carbocycles.